The van der Waals surface area contributed by atoms with E-state index in [0.717, 1.165) is 25.7 Å². The van der Waals surface area contributed by atoms with Crippen molar-refractivity contribution in [2.75, 3.05) is 45.8 Å². The minimum Gasteiger partial charge on any atom is -0.480 e. The van der Waals surface area contributed by atoms with E-state index in [2.05, 4.69) is 0 Å². The van der Waals surface area contributed by atoms with Crippen molar-refractivity contribution >= 4 is 16.2 Å². The number of carboxylic acids is 1. The minimum absolute atomic E-state index is 0.0163. The lowest BCUT2D eigenvalue weighted by Gasteiger charge is -2.28. The highest BCUT2D eigenvalue weighted by Gasteiger charge is 2.31. The molecule has 1 N–H and O–H groups in total. The number of carbonyl (C=O) groups is 1. The Labute approximate surface area is 126 Å². The van der Waals surface area contributed by atoms with E-state index >= 15 is 0 Å². The molecule has 0 spiro atoms. The summed E-state index contributed by atoms with van der Waals surface area (Å²) in [5.41, 5.74) is 0. The van der Waals surface area contributed by atoms with Gasteiger partial charge < -0.3 is 5.11 Å². The zero-order valence-corrected chi connectivity index (χ0v) is 13.2. The third-order valence-electron chi connectivity index (χ3n) is 4.12. The van der Waals surface area contributed by atoms with Crippen LogP contribution in [0.2, 0.25) is 0 Å². The van der Waals surface area contributed by atoms with Crippen LogP contribution >= 0.6 is 0 Å². The molecule has 0 amide bonds. The predicted molar refractivity (Wildman–Crippen MR) is 79.2 cm³/mol. The van der Waals surface area contributed by atoms with Gasteiger partial charge in [0.25, 0.3) is 10.2 Å². The van der Waals surface area contributed by atoms with Crippen LogP contribution in [-0.4, -0.2) is 78.8 Å². The fraction of sp³-hybridized carbons (Fsp3) is 0.923. The second kappa shape index (κ2) is 7.53. The fourth-order valence-electron chi connectivity index (χ4n) is 2.96. The van der Waals surface area contributed by atoms with Gasteiger partial charge in [0.05, 0.1) is 6.54 Å². The SMILES string of the molecule is O=C(O)CN1CCCN(S(=O)(=O)N2CCCCCC2)CC1. The molecule has 0 aromatic carbocycles. The molecule has 2 fully saturated rings. The molecule has 7 nitrogen and oxygen atoms in total. The van der Waals surface area contributed by atoms with Gasteiger partial charge in [0, 0.05) is 39.3 Å². The first kappa shape index (κ1) is 16.7. The first-order valence-corrected chi connectivity index (χ1v) is 9.09. The van der Waals surface area contributed by atoms with Crippen LogP contribution in [0.1, 0.15) is 32.1 Å². The third kappa shape index (κ3) is 4.64. The Morgan fingerprint density at radius 2 is 1.38 bits per heavy atom. The van der Waals surface area contributed by atoms with Crippen molar-refractivity contribution < 1.29 is 18.3 Å². The summed E-state index contributed by atoms with van der Waals surface area (Å²) < 4.78 is 28.5. The summed E-state index contributed by atoms with van der Waals surface area (Å²) in [6, 6.07) is 0. The molecular weight excluding hydrogens is 294 g/mol. The van der Waals surface area contributed by atoms with Crippen molar-refractivity contribution in [3.63, 3.8) is 0 Å². The van der Waals surface area contributed by atoms with Gasteiger partial charge in [-0.05, 0) is 19.3 Å². The van der Waals surface area contributed by atoms with Crippen LogP contribution in [0.5, 0.6) is 0 Å². The second-order valence-electron chi connectivity index (χ2n) is 5.74. The monoisotopic (exact) mass is 319 g/mol. The van der Waals surface area contributed by atoms with Crippen LogP contribution in [0, 0.1) is 0 Å². The van der Waals surface area contributed by atoms with Gasteiger partial charge in [-0.15, -0.1) is 0 Å². The first-order valence-electron chi connectivity index (χ1n) is 7.69. The highest BCUT2D eigenvalue weighted by Crippen LogP contribution is 2.18. The van der Waals surface area contributed by atoms with E-state index in [-0.39, 0.29) is 6.54 Å². The number of rotatable bonds is 4. The van der Waals surface area contributed by atoms with Gasteiger partial charge >= 0.3 is 5.97 Å². The molecule has 0 bridgehead atoms. The van der Waals surface area contributed by atoms with Crippen LogP contribution in [0.15, 0.2) is 0 Å². The largest absolute Gasteiger partial charge is 0.480 e. The predicted octanol–water partition coefficient (Wildman–Crippen LogP) is 0.200. The standard InChI is InChI=1S/C13H25N3O4S/c17-13(18)12-14-6-5-9-16(11-10-14)21(19,20)15-7-3-1-2-4-8-15/h1-12H2,(H,17,18). The molecule has 2 aliphatic rings. The number of carboxylic acid groups (broad SMARTS) is 1. The molecule has 0 unspecified atom stereocenters. The van der Waals surface area contributed by atoms with Crippen molar-refractivity contribution in [1.29, 1.82) is 0 Å². The van der Waals surface area contributed by atoms with E-state index < -0.39 is 16.2 Å². The van der Waals surface area contributed by atoms with Crippen molar-refractivity contribution in [2.24, 2.45) is 0 Å². The summed E-state index contributed by atoms with van der Waals surface area (Å²) in [6.07, 6.45) is 4.73. The normalized spacial score (nSPS) is 24.4. The van der Waals surface area contributed by atoms with Gasteiger partial charge in [0.2, 0.25) is 0 Å². The highest BCUT2D eigenvalue weighted by atomic mass is 32.2. The third-order valence-corrected chi connectivity index (χ3v) is 6.16. The maximum Gasteiger partial charge on any atom is 0.317 e. The van der Waals surface area contributed by atoms with Gasteiger partial charge in [0.15, 0.2) is 0 Å². The second-order valence-corrected chi connectivity index (χ2v) is 7.67. The molecule has 2 heterocycles. The summed E-state index contributed by atoms with van der Waals surface area (Å²) in [5, 5.41) is 8.84. The van der Waals surface area contributed by atoms with Crippen LogP contribution < -0.4 is 0 Å². The quantitative estimate of drug-likeness (QED) is 0.800. The van der Waals surface area contributed by atoms with E-state index in [0.29, 0.717) is 45.7 Å². The summed E-state index contributed by atoms with van der Waals surface area (Å²) in [6.45, 7) is 3.19. The van der Waals surface area contributed by atoms with Crippen LogP contribution in [0.25, 0.3) is 0 Å². The summed E-state index contributed by atoms with van der Waals surface area (Å²) in [5.74, 6) is -0.862. The van der Waals surface area contributed by atoms with Crippen molar-refractivity contribution in [2.45, 2.75) is 32.1 Å². The summed E-state index contributed by atoms with van der Waals surface area (Å²) in [4.78, 5) is 12.6. The molecule has 0 aromatic rings. The van der Waals surface area contributed by atoms with Crippen molar-refractivity contribution in [3.8, 4) is 0 Å². The lowest BCUT2D eigenvalue weighted by Crippen LogP contribution is -2.45. The Hall–Kier alpha value is -0.700. The van der Waals surface area contributed by atoms with Crippen LogP contribution in [0.3, 0.4) is 0 Å². The maximum atomic E-state index is 12.7. The van der Waals surface area contributed by atoms with Crippen LogP contribution in [0.4, 0.5) is 0 Å². The average molecular weight is 319 g/mol. The maximum absolute atomic E-state index is 12.7. The van der Waals surface area contributed by atoms with Gasteiger partial charge in [0.1, 0.15) is 0 Å². The van der Waals surface area contributed by atoms with E-state index in [1.165, 1.54) is 4.31 Å². The Balaban J connectivity index is 1.98. The molecule has 2 aliphatic heterocycles. The van der Waals surface area contributed by atoms with Crippen LogP contribution in [-0.2, 0) is 15.0 Å². The average Bonchev–Trinajstić information content (AvgIpc) is 2.80. The van der Waals surface area contributed by atoms with Gasteiger partial charge in [-0.3, -0.25) is 9.69 Å². The van der Waals surface area contributed by atoms with Crippen molar-refractivity contribution in [1.82, 2.24) is 13.5 Å². The number of nitrogens with zero attached hydrogens (tertiary/aromatic N) is 3. The topological polar surface area (TPSA) is 81.2 Å². The summed E-state index contributed by atoms with van der Waals surface area (Å²) >= 11 is 0. The van der Waals surface area contributed by atoms with Gasteiger partial charge in [-0.1, -0.05) is 12.8 Å². The smallest absolute Gasteiger partial charge is 0.317 e. The first-order chi connectivity index (χ1) is 10.00. The lowest BCUT2D eigenvalue weighted by molar-refractivity contribution is -0.138. The number of hydrogen-bond donors (Lipinski definition) is 1. The molecule has 122 valence electrons. The molecule has 0 aromatic heterocycles. The van der Waals surface area contributed by atoms with Crippen molar-refractivity contribution in [3.05, 3.63) is 0 Å². The molecule has 0 saturated carbocycles. The van der Waals surface area contributed by atoms with E-state index in [9.17, 15) is 13.2 Å². The Kier molecular flexibility index (Phi) is 5.98. The zero-order valence-electron chi connectivity index (χ0n) is 12.4. The molecule has 8 heteroatoms. The highest BCUT2D eigenvalue weighted by molar-refractivity contribution is 7.86. The number of hydrogen-bond acceptors (Lipinski definition) is 4. The molecule has 2 rings (SSSR count). The summed E-state index contributed by atoms with van der Waals surface area (Å²) in [7, 11) is -3.39. The van der Waals surface area contributed by atoms with Gasteiger partial charge in [-0.25, -0.2) is 0 Å². The number of aliphatic carboxylic acids is 1. The molecule has 0 radical (unpaired) electrons. The molecule has 0 atom stereocenters. The van der Waals surface area contributed by atoms with E-state index in [4.69, 9.17) is 5.11 Å². The zero-order chi connectivity index (χ0) is 15.3. The van der Waals surface area contributed by atoms with E-state index in [1.807, 2.05) is 0 Å². The Morgan fingerprint density at radius 1 is 0.810 bits per heavy atom. The molecule has 21 heavy (non-hydrogen) atoms. The molecule has 0 aliphatic carbocycles. The molecular formula is C13H25N3O4S. The fourth-order valence-corrected chi connectivity index (χ4v) is 4.68. The molecule has 2 saturated heterocycles. The lowest BCUT2D eigenvalue weighted by atomic mass is 10.2. The Morgan fingerprint density at radius 3 is 2.00 bits per heavy atom. The van der Waals surface area contributed by atoms with Gasteiger partial charge in [-0.2, -0.15) is 17.0 Å². The minimum atomic E-state index is -3.39. The van der Waals surface area contributed by atoms with E-state index in [1.54, 1.807) is 9.21 Å². The Bertz CT molecular complexity index is 446.